The number of carbonyl (C=O) groups excluding carboxylic acids is 1. The van der Waals surface area contributed by atoms with Gasteiger partial charge >= 0.3 is 0 Å². The summed E-state index contributed by atoms with van der Waals surface area (Å²) in [6, 6.07) is 6.29. The maximum atomic E-state index is 12.3. The van der Waals surface area contributed by atoms with E-state index in [9.17, 15) is 4.79 Å². The molecule has 1 aromatic rings. The number of nitrogens with two attached hydrogens (primary N) is 1. The zero-order valence-corrected chi connectivity index (χ0v) is 14.0. The minimum Gasteiger partial charge on any atom is -0.399 e. The fourth-order valence-electron chi connectivity index (χ4n) is 3.89. The third-order valence-electron chi connectivity index (χ3n) is 5.02. The summed E-state index contributed by atoms with van der Waals surface area (Å²) in [6.07, 6.45) is 10.4. The second kappa shape index (κ2) is 7.87. The molecule has 3 nitrogen and oxygen atoms in total. The number of aryl methyl sites for hydroxylation is 1. The molecule has 1 atom stereocenters. The van der Waals surface area contributed by atoms with Gasteiger partial charge in [-0.05, 0) is 61.3 Å². The van der Waals surface area contributed by atoms with Crippen LogP contribution in [0.2, 0.25) is 0 Å². The van der Waals surface area contributed by atoms with Crippen LogP contribution in [0.4, 0.5) is 5.69 Å². The molecule has 1 saturated carbocycles. The predicted molar refractivity (Wildman–Crippen MR) is 93.1 cm³/mol. The molecule has 4 heteroatoms. The largest absolute Gasteiger partial charge is 0.399 e. The fourth-order valence-corrected chi connectivity index (χ4v) is 3.89. The van der Waals surface area contributed by atoms with Crippen molar-refractivity contribution >= 4 is 24.0 Å². The topological polar surface area (TPSA) is 55.1 Å². The van der Waals surface area contributed by atoms with E-state index < -0.39 is 0 Å². The van der Waals surface area contributed by atoms with Crippen molar-refractivity contribution in [1.82, 2.24) is 5.32 Å². The van der Waals surface area contributed by atoms with E-state index in [4.69, 9.17) is 5.73 Å². The van der Waals surface area contributed by atoms with Gasteiger partial charge in [0.05, 0.1) is 6.04 Å². The van der Waals surface area contributed by atoms with Crippen LogP contribution in [0.5, 0.6) is 0 Å². The van der Waals surface area contributed by atoms with Crippen LogP contribution in [-0.4, -0.2) is 5.91 Å². The highest BCUT2D eigenvalue weighted by Gasteiger charge is 2.23. The van der Waals surface area contributed by atoms with Crippen LogP contribution in [0.15, 0.2) is 18.2 Å². The minimum atomic E-state index is 0. The van der Waals surface area contributed by atoms with E-state index in [1.165, 1.54) is 43.2 Å². The SMILES string of the molecule is Cl.Nc1ccc2c(c1)CCCC2NC(=O)CC1CCCCC1. The quantitative estimate of drug-likeness (QED) is 0.821. The van der Waals surface area contributed by atoms with Gasteiger partial charge in [0, 0.05) is 12.1 Å². The third kappa shape index (κ3) is 4.16. The monoisotopic (exact) mass is 322 g/mol. The number of hydrogen-bond acceptors (Lipinski definition) is 2. The van der Waals surface area contributed by atoms with Crippen molar-refractivity contribution in [2.45, 2.75) is 63.8 Å². The highest BCUT2D eigenvalue weighted by Crippen LogP contribution is 2.32. The summed E-state index contributed by atoms with van der Waals surface area (Å²) in [5.74, 6) is 0.838. The van der Waals surface area contributed by atoms with Gasteiger partial charge in [0.15, 0.2) is 0 Å². The molecule has 0 heterocycles. The van der Waals surface area contributed by atoms with Gasteiger partial charge in [-0.1, -0.05) is 25.3 Å². The normalized spacial score (nSPS) is 21.5. The van der Waals surface area contributed by atoms with Crippen LogP contribution in [0.25, 0.3) is 0 Å². The van der Waals surface area contributed by atoms with E-state index in [0.717, 1.165) is 24.9 Å². The molecule has 122 valence electrons. The first-order chi connectivity index (χ1) is 10.2. The highest BCUT2D eigenvalue weighted by atomic mass is 35.5. The lowest BCUT2D eigenvalue weighted by Crippen LogP contribution is -2.32. The molecule has 2 aliphatic carbocycles. The smallest absolute Gasteiger partial charge is 0.220 e. The summed E-state index contributed by atoms with van der Waals surface area (Å²) < 4.78 is 0. The summed E-state index contributed by atoms with van der Waals surface area (Å²) >= 11 is 0. The zero-order chi connectivity index (χ0) is 14.7. The lowest BCUT2D eigenvalue weighted by Gasteiger charge is -2.28. The Hall–Kier alpha value is -1.22. The van der Waals surface area contributed by atoms with Crippen LogP contribution in [-0.2, 0) is 11.2 Å². The Bertz CT molecular complexity index is 512. The number of hydrogen-bond donors (Lipinski definition) is 2. The Morgan fingerprint density at radius 2 is 1.91 bits per heavy atom. The Balaban J connectivity index is 0.00000176. The van der Waals surface area contributed by atoms with Crippen molar-refractivity contribution in [1.29, 1.82) is 0 Å². The first-order valence-electron chi connectivity index (χ1n) is 8.40. The van der Waals surface area contributed by atoms with Crippen molar-refractivity contribution in [3.8, 4) is 0 Å². The van der Waals surface area contributed by atoms with Gasteiger partial charge in [-0.15, -0.1) is 12.4 Å². The molecule has 1 fully saturated rings. The van der Waals surface area contributed by atoms with Gasteiger partial charge in [-0.25, -0.2) is 0 Å². The van der Waals surface area contributed by atoms with Gasteiger partial charge in [-0.2, -0.15) is 0 Å². The van der Waals surface area contributed by atoms with Crippen LogP contribution in [0.1, 0.15) is 68.5 Å². The molecular weight excluding hydrogens is 296 g/mol. The van der Waals surface area contributed by atoms with Gasteiger partial charge in [0.1, 0.15) is 0 Å². The average Bonchev–Trinajstić information content (AvgIpc) is 2.48. The van der Waals surface area contributed by atoms with E-state index >= 15 is 0 Å². The van der Waals surface area contributed by atoms with Gasteiger partial charge in [0.25, 0.3) is 0 Å². The van der Waals surface area contributed by atoms with Gasteiger partial charge in [-0.3, -0.25) is 4.79 Å². The van der Waals surface area contributed by atoms with Gasteiger partial charge in [0.2, 0.25) is 5.91 Å². The summed E-state index contributed by atoms with van der Waals surface area (Å²) in [4.78, 5) is 12.3. The van der Waals surface area contributed by atoms with E-state index in [0.29, 0.717) is 12.3 Å². The fraction of sp³-hybridized carbons (Fsp3) is 0.611. The molecule has 2 aliphatic rings. The van der Waals surface area contributed by atoms with Gasteiger partial charge < -0.3 is 11.1 Å². The van der Waals surface area contributed by atoms with Crippen LogP contribution >= 0.6 is 12.4 Å². The molecule has 22 heavy (non-hydrogen) atoms. The first-order valence-corrected chi connectivity index (χ1v) is 8.40. The van der Waals surface area contributed by atoms with E-state index in [1.54, 1.807) is 0 Å². The zero-order valence-electron chi connectivity index (χ0n) is 13.1. The molecule has 3 rings (SSSR count). The second-order valence-corrected chi connectivity index (χ2v) is 6.68. The molecule has 0 bridgehead atoms. The second-order valence-electron chi connectivity index (χ2n) is 6.68. The Kier molecular flexibility index (Phi) is 6.13. The molecule has 0 aliphatic heterocycles. The summed E-state index contributed by atoms with van der Waals surface area (Å²) in [5, 5.41) is 3.26. The van der Waals surface area contributed by atoms with Crippen molar-refractivity contribution in [3.05, 3.63) is 29.3 Å². The lowest BCUT2D eigenvalue weighted by molar-refractivity contribution is -0.123. The number of amides is 1. The number of nitrogen functional groups attached to an aromatic ring is 1. The Labute approximate surface area is 139 Å². The number of fused-ring (bicyclic) bond motifs is 1. The van der Waals surface area contributed by atoms with Crippen LogP contribution < -0.4 is 11.1 Å². The lowest BCUT2D eigenvalue weighted by atomic mass is 9.85. The Morgan fingerprint density at radius 3 is 2.68 bits per heavy atom. The van der Waals surface area contributed by atoms with Crippen molar-refractivity contribution in [2.24, 2.45) is 5.92 Å². The standard InChI is InChI=1S/C18H26N2O.ClH/c19-15-9-10-16-14(12-15)7-4-8-17(16)20-18(21)11-13-5-2-1-3-6-13;/h9-10,12-13,17H,1-8,11,19H2,(H,20,21);1H. The summed E-state index contributed by atoms with van der Waals surface area (Å²) in [5.41, 5.74) is 9.27. The Morgan fingerprint density at radius 1 is 1.14 bits per heavy atom. The van der Waals surface area contributed by atoms with Crippen molar-refractivity contribution in [3.63, 3.8) is 0 Å². The maximum absolute atomic E-state index is 12.3. The number of anilines is 1. The minimum absolute atomic E-state index is 0. The number of carbonyl (C=O) groups is 1. The molecule has 0 spiro atoms. The predicted octanol–water partition coefficient (Wildman–Crippen LogP) is 4.15. The number of rotatable bonds is 3. The molecule has 1 unspecified atom stereocenters. The summed E-state index contributed by atoms with van der Waals surface area (Å²) in [7, 11) is 0. The van der Waals surface area contributed by atoms with E-state index in [-0.39, 0.29) is 24.4 Å². The molecular formula is C18H27ClN2O. The molecule has 1 aromatic carbocycles. The molecule has 1 amide bonds. The van der Waals surface area contributed by atoms with Crippen LogP contribution in [0.3, 0.4) is 0 Å². The number of halogens is 1. The molecule has 0 aromatic heterocycles. The number of nitrogens with one attached hydrogen (secondary N) is 1. The molecule has 3 N–H and O–H groups in total. The third-order valence-corrected chi connectivity index (χ3v) is 5.02. The summed E-state index contributed by atoms with van der Waals surface area (Å²) in [6.45, 7) is 0. The molecule has 0 saturated heterocycles. The van der Waals surface area contributed by atoms with Crippen molar-refractivity contribution in [2.75, 3.05) is 5.73 Å². The van der Waals surface area contributed by atoms with Crippen LogP contribution in [0, 0.1) is 5.92 Å². The van der Waals surface area contributed by atoms with E-state index in [1.807, 2.05) is 6.07 Å². The van der Waals surface area contributed by atoms with E-state index in [2.05, 4.69) is 17.4 Å². The first kappa shape index (κ1) is 17.1. The maximum Gasteiger partial charge on any atom is 0.220 e. The highest BCUT2D eigenvalue weighted by molar-refractivity contribution is 5.85. The van der Waals surface area contributed by atoms with Crippen molar-refractivity contribution < 1.29 is 4.79 Å². The number of benzene rings is 1. The molecule has 0 radical (unpaired) electrons. The average molecular weight is 323 g/mol.